The maximum atomic E-state index is 13.9. The maximum absolute atomic E-state index is 13.9. The summed E-state index contributed by atoms with van der Waals surface area (Å²) in [4.78, 5) is 16.0. The molecule has 1 aromatic heterocycles. The molecule has 0 radical (unpaired) electrons. The Labute approximate surface area is 116 Å². The van der Waals surface area contributed by atoms with E-state index in [4.69, 9.17) is 0 Å². The number of anilines is 1. The van der Waals surface area contributed by atoms with Crippen LogP contribution in [0.25, 0.3) is 0 Å². The molecule has 0 unspecified atom stereocenters. The lowest BCUT2D eigenvalue weighted by Crippen LogP contribution is -2.14. The highest BCUT2D eigenvalue weighted by Gasteiger charge is 2.24. The largest absolute Gasteiger partial charge is 0.322 e. The number of carbonyl (C=O) groups is 1. The standard InChI is InChI=1S/C16H15FN2O/c17-14-4-1-5-15(13(14)9-11-6-7-11)19-16(20)12-3-2-8-18-10-12/h1-5,8,10-11H,6-7,9H2,(H,19,20). The van der Waals surface area contributed by atoms with E-state index >= 15 is 0 Å². The van der Waals surface area contributed by atoms with Crippen LogP contribution in [0.3, 0.4) is 0 Å². The van der Waals surface area contributed by atoms with Gasteiger partial charge in [-0.15, -0.1) is 0 Å². The van der Waals surface area contributed by atoms with Crippen LogP contribution in [0.5, 0.6) is 0 Å². The molecule has 2 aromatic rings. The second-order valence-electron chi connectivity index (χ2n) is 5.11. The van der Waals surface area contributed by atoms with Crippen molar-refractivity contribution in [1.82, 2.24) is 4.98 Å². The minimum atomic E-state index is -0.263. The molecular weight excluding hydrogens is 255 g/mol. The van der Waals surface area contributed by atoms with Gasteiger partial charge in [0.1, 0.15) is 5.82 Å². The predicted molar refractivity (Wildman–Crippen MR) is 75.0 cm³/mol. The van der Waals surface area contributed by atoms with Crippen LogP contribution < -0.4 is 5.32 Å². The van der Waals surface area contributed by atoms with E-state index in [1.807, 2.05) is 0 Å². The molecule has 0 bridgehead atoms. The molecule has 1 heterocycles. The van der Waals surface area contributed by atoms with Crippen molar-refractivity contribution in [3.63, 3.8) is 0 Å². The van der Waals surface area contributed by atoms with E-state index in [1.165, 1.54) is 12.3 Å². The lowest BCUT2D eigenvalue weighted by atomic mass is 10.1. The highest BCUT2D eigenvalue weighted by molar-refractivity contribution is 6.04. The molecule has 20 heavy (non-hydrogen) atoms. The van der Waals surface area contributed by atoms with Gasteiger partial charge in [-0.3, -0.25) is 9.78 Å². The minimum absolute atomic E-state index is 0.249. The SMILES string of the molecule is O=C(Nc1cccc(F)c1CC1CC1)c1cccnc1. The molecule has 0 spiro atoms. The number of hydrogen-bond acceptors (Lipinski definition) is 2. The fourth-order valence-electron chi connectivity index (χ4n) is 2.19. The number of aromatic nitrogens is 1. The molecule has 1 aliphatic carbocycles. The van der Waals surface area contributed by atoms with Crippen molar-refractivity contribution in [1.29, 1.82) is 0 Å². The molecule has 1 saturated carbocycles. The molecule has 1 N–H and O–H groups in total. The van der Waals surface area contributed by atoms with Gasteiger partial charge in [0.15, 0.2) is 0 Å². The molecule has 1 fully saturated rings. The van der Waals surface area contributed by atoms with Gasteiger partial charge in [0.25, 0.3) is 5.91 Å². The van der Waals surface area contributed by atoms with Gasteiger partial charge in [-0.25, -0.2) is 4.39 Å². The van der Waals surface area contributed by atoms with Crippen LogP contribution in [0, 0.1) is 11.7 Å². The molecule has 0 saturated heterocycles. The summed E-state index contributed by atoms with van der Waals surface area (Å²) < 4.78 is 13.9. The van der Waals surface area contributed by atoms with Gasteiger partial charge >= 0.3 is 0 Å². The zero-order chi connectivity index (χ0) is 13.9. The lowest BCUT2D eigenvalue weighted by Gasteiger charge is -2.11. The molecule has 1 aliphatic rings. The van der Waals surface area contributed by atoms with E-state index in [1.54, 1.807) is 30.5 Å². The average Bonchev–Trinajstić information content (AvgIpc) is 3.27. The Morgan fingerprint density at radius 3 is 2.85 bits per heavy atom. The van der Waals surface area contributed by atoms with Crippen molar-refractivity contribution in [2.75, 3.05) is 5.32 Å². The molecule has 1 aromatic carbocycles. The third-order valence-electron chi connectivity index (χ3n) is 3.48. The highest BCUT2D eigenvalue weighted by atomic mass is 19.1. The first-order valence-electron chi connectivity index (χ1n) is 6.73. The number of hydrogen-bond donors (Lipinski definition) is 1. The van der Waals surface area contributed by atoms with Crippen molar-refractivity contribution >= 4 is 11.6 Å². The van der Waals surface area contributed by atoms with Gasteiger partial charge in [-0.05, 0) is 49.4 Å². The topological polar surface area (TPSA) is 42.0 Å². The fourth-order valence-corrected chi connectivity index (χ4v) is 2.19. The number of nitrogens with one attached hydrogen (secondary N) is 1. The number of rotatable bonds is 4. The summed E-state index contributed by atoms with van der Waals surface area (Å²) in [6.45, 7) is 0. The Kier molecular flexibility index (Phi) is 3.46. The molecule has 4 heteroatoms. The van der Waals surface area contributed by atoms with Crippen LogP contribution in [-0.2, 0) is 6.42 Å². The second kappa shape index (κ2) is 5.41. The quantitative estimate of drug-likeness (QED) is 0.924. The normalized spacial score (nSPS) is 14.1. The highest BCUT2D eigenvalue weighted by Crippen LogP contribution is 2.35. The van der Waals surface area contributed by atoms with Crippen LogP contribution in [0.1, 0.15) is 28.8 Å². The third kappa shape index (κ3) is 2.85. The number of benzene rings is 1. The van der Waals surface area contributed by atoms with Crippen molar-refractivity contribution in [2.45, 2.75) is 19.3 Å². The smallest absolute Gasteiger partial charge is 0.257 e. The zero-order valence-electron chi connectivity index (χ0n) is 11.0. The number of halogens is 1. The number of nitrogens with zero attached hydrogens (tertiary/aromatic N) is 1. The van der Waals surface area contributed by atoms with Crippen molar-refractivity contribution in [3.8, 4) is 0 Å². The summed E-state index contributed by atoms with van der Waals surface area (Å²) in [5.74, 6) is 0.0441. The Balaban J connectivity index is 1.83. The molecule has 3 nitrogen and oxygen atoms in total. The summed E-state index contributed by atoms with van der Waals surface area (Å²) in [6.07, 6.45) is 6.08. The van der Waals surface area contributed by atoms with Crippen molar-refractivity contribution in [2.24, 2.45) is 5.92 Å². The Morgan fingerprint density at radius 1 is 1.30 bits per heavy atom. The van der Waals surface area contributed by atoms with E-state index in [-0.39, 0.29) is 11.7 Å². The van der Waals surface area contributed by atoms with Gasteiger partial charge < -0.3 is 5.32 Å². The number of pyridine rings is 1. The van der Waals surface area contributed by atoms with Crippen LogP contribution >= 0.6 is 0 Å². The monoisotopic (exact) mass is 270 g/mol. The van der Waals surface area contributed by atoms with Crippen molar-refractivity contribution in [3.05, 3.63) is 59.7 Å². The van der Waals surface area contributed by atoms with E-state index in [9.17, 15) is 9.18 Å². The first-order chi connectivity index (χ1) is 9.74. The molecule has 0 atom stereocenters. The van der Waals surface area contributed by atoms with Crippen LogP contribution in [0.2, 0.25) is 0 Å². The lowest BCUT2D eigenvalue weighted by molar-refractivity contribution is 0.102. The maximum Gasteiger partial charge on any atom is 0.257 e. The summed E-state index contributed by atoms with van der Waals surface area (Å²) in [7, 11) is 0. The number of carbonyl (C=O) groups excluding carboxylic acids is 1. The average molecular weight is 270 g/mol. The number of amides is 1. The van der Waals surface area contributed by atoms with Crippen LogP contribution in [0.4, 0.5) is 10.1 Å². The first-order valence-corrected chi connectivity index (χ1v) is 6.73. The second-order valence-corrected chi connectivity index (χ2v) is 5.11. The van der Waals surface area contributed by atoms with Gasteiger partial charge in [0.2, 0.25) is 0 Å². The molecule has 3 rings (SSSR count). The Morgan fingerprint density at radius 2 is 2.15 bits per heavy atom. The molecule has 102 valence electrons. The summed E-state index contributed by atoms with van der Waals surface area (Å²) in [6, 6.07) is 8.19. The van der Waals surface area contributed by atoms with Gasteiger partial charge in [0.05, 0.1) is 5.56 Å². The van der Waals surface area contributed by atoms with E-state index < -0.39 is 0 Å². The van der Waals surface area contributed by atoms with E-state index in [2.05, 4.69) is 10.3 Å². The first kappa shape index (κ1) is 12.8. The molecule has 0 aliphatic heterocycles. The van der Waals surface area contributed by atoms with Gasteiger partial charge in [-0.2, -0.15) is 0 Å². The summed E-state index contributed by atoms with van der Waals surface area (Å²) in [5.41, 5.74) is 1.63. The minimum Gasteiger partial charge on any atom is -0.322 e. The van der Waals surface area contributed by atoms with E-state index in [0.29, 0.717) is 29.2 Å². The Bertz CT molecular complexity index is 624. The summed E-state index contributed by atoms with van der Waals surface area (Å²) >= 11 is 0. The van der Waals surface area contributed by atoms with Crippen molar-refractivity contribution < 1.29 is 9.18 Å². The molecule has 1 amide bonds. The Hall–Kier alpha value is -2.23. The molecular formula is C16H15FN2O. The van der Waals surface area contributed by atoms with Crippen LogP contribution in [0.15, 0.2) is 42.7 Å². The van der Waals surface area contributed by atoms with Gasteiger partial charge in [0, 0.05) is 23.6 Å². The van der Waals surface area contributed by atoms with E-state index in [0.717, 1.165) is 12.8 Å². The van der Waals surface area contributed by atoms with Gasteiger partial charge in [-0.1, -0.05) is 6.07 Å². The zero-order valence-corrected chi connectivity index (χ0v) is 11.0. The fraction of sp³-hybridized carbons (Fsp3) is 0.250. The van der Waals surface area contributed by atoms with Crippen LogP contribution in [-0.4, -0.2) is 10.9 Å². The predicted octanol–water partition coefficient (Wildman–Crippen LogP) is 3.43. The third-order valence-corrected chi connectivity index (χ3v) is 3.48. The summed E-state index contributed by atoms with van der Waals surface area (Å²) in [5, 5.41) is 2.78.